The van der Waals surface area contributed by atoms with Crippen molar-refractivity contribution in [1.29, 1.82) is 0 Å². The van der Waals surface area contributed by atoms with Gasteiger partial charge >= 0.3 is 0 Å². The van der Waals surface area contributed by atoms with E-state index in [1.54, 1.807) is 7.11 Å². The van der Waals surface area contributed by atoms with E-state index >= 15 is 0 Å². The van der Waals surface area contributed by atoms with Crippen LogP contribution in [-0.2, 0) is 19.0 Å². The maximum atomic E-state index is 12.4. The molecule has 150 valence electrons. The number of nitrogens with zero attached hydrogens (tertiary/aromatic N) is 3. The first-order valence-corrected chi connectivity index (χ1v) is 9.76. The Morgan fingerprint density at radius 3 is 2.62 bits per heavy atom. The van der Waals surface area contributed by atoms with E-state index in [-0.39, 0.29) is 12.0 Å². The van der Waals surface area contributed by atoms with Crippen molar-refractivity contribution in [3.05, 3.63) is 0 Å². The lowest BCUT2D eigenvalue weighted by Gasteiger charge is -2.37. The summed E-state index contributed by atoms with van der Waals surface area (Å²) in [4.78, 5) is 21.3. The molecule has 2 rings (SSSR count). The minimum absolute atomic E-state index is 0.150. The van der Waals surface area contributed by atoms with Gasteiger partial charge in [-0.05, 0) is 26.2 Å². The number of rotatable bonds is 9. The third-order valence-electron chi connectivity index (χ3n) is 4.57. The number of aliphatic imine (C=N–C) groups is 1. The van der Waals surface area contributed by atoms with Crippen LogP contribution in [0.2, 0.25) is 0 Å². The number of piperazine rings is 1. The number of methoxy groups -OCH3 is 1. The Hall–Kier alpha value is -1.38. The molecule has 8 heteroatoms. The molecule has 8 nitrogen and oxygen atoms in total. The predicted molar refractivity (Wildman–Crippen MR) is 100 cm³/mol. The van der Waals surface area contributed by atoms with Gasteiger partial charge in [-0.15, -0.1) is 0 Å². The van der Waals surface area contributed by atoms with Gasteiger partial charge in [0, 0.05) is 59.6 Å². The molecule has 0 aromatic heterocycles. The average Bonchev–Trinajstić information content (AvgIpc) is 3.21. The van der Waals surface area contributed by atoms with Gasteiger partial charge in [-0.1, -0.05) is 0 Å². The van der Waals surface area contributed by atoms with Crippen LogP contribution in [-0.4, -0.2) is 101 Å². The largest absolute Gasteiger partial charge is 0.382 e. The average molecular weight is 370 g/mol. The molecule has 0 radical (unpaired) electrons. The van der Waals surface area contributed by atoms with Crippen molar-refractivity contribution in [2.45, 2.75) is 32.3 Å². The van der Waals surface area contributed by atoms with Gasteiger partial charge in [0.2, 0.25) is 0 Å². The van der Waals surface area contributed by atoms with E-state index in [9.17, 15) is 4.79 Å². The molecule has 0 bridgehead atoms. The number of carbonyl (C=O) groups excluding carboxylic acids is 1. The van der Waals surface area contributed by atoms with E-state index in [0.29, 0.717) is 26.4 Å². The number of nitrogens with one attached hydrogen (secondary N) is 1. The van der Waals surface area contributed by atoms with Gasteiger partial charge in [0.1, 0.15) is 6.10 Å². The van der Waals surface area contributed by atoms with Crippen LogP contribution in [0.1, 0.15) is 26.2 Å². The highest BCUT2D eigenvalue weighted by Crippen LogP contribution is 2.16. The van der Waals surface area contributed by atoms with Gasteiger partial charge in [0.25, 0.3) is 5.91 Å². The summed E-state index contributed by atoms with van der Waals surface area (Å²) in [7, 11) is 1.67. The topological polar surface area (TPSA) is 75.6 Å². The van der Waals surface area contributed by atoms with Gasteiger partial charge in [0.15, 0.2) is 5.96 Å². The van der Waals surface area contributed by atoms with E-state index in [1.807, 2.05) is 4.90 Å². The van der Waals surface area contributed by atoms with Crippen molar-refractivity contribution in [2.24, 2.45) is 4.99 Å². The van der Waals surface area contributed by atoms with Crippen LogP contribution in [0, 0.1) is 0 Å². The van der Waals surface area contributed by atoms with Crippen LogP contribution < -0.4 is 5.32 Å². The van der Waals surface area contributed by atoms with Gasteiger partial charge in [-0.3, -0.25) is 9.79 Å². The highest BCUT2D eigenvalue weighted by Gasteiger charge is 2.30. The fourth-order valence-electron chi connectivity index (χ4n) is 3.14. The molecule has 1 N–H and O–H groups in total. The lowest BCUT2D eigenvalue weighted by Crippen LogP contribution is -2.55. The summed E-state index contributed by atoms with van der Waals surface area (Å²) in [5.41, 5.74) is 0. The molecular formula is C18H34N4O4. The normalized spacial score (nSPS) is 21.3. The first-order chi connectivity index (χ1) is 12.8. The summed E-state index contributed by atoms with van der Waals surface area (Å²) in [5, 5.41) is 3.35. The van der Waals surface area contributed by atoms with E-state index in [0.717, 1.165) is 64.5 Å². The molecule has 0 aliphatic carbocycles. The maximum absolute atomic E-state index is 12.4. The van der Waals surface area contributed by atoms with Crippen molar-refractivity contribution >= 4 is 11.9 Å². The zero-order chi connectivity index (χ0) is 18.6. The molecule has 2 fully saturated rings. The minimum atomic E-state index is -0.221. The highest BCUT2D eigenvalue weighted by molar-refractivity contribution is 5.82. The van der Waals surface area contributed by atoms with E-state index < -0.39 is 0 Å². The summed E-state index contributed by atoms with van der Waals surface area (Å²) >= 11 is 0. The molecular weight excluding hydrogens is 336 g/mol. The van der Waals surface area contributed by atoms with Crippen LogP contribution in [0.3, 0.4) is 0 Å². The molecule has 2 heterocycles. The Balaban J connectivity index is 1.72. The monoisotopic (exact) mass is 370 g/mol. The third kappa shape index (κ3) is 6.74. The maximum Gasteiger partial charge on any atom is 0.251 e. The Kier molecular flexibility index (Phi) is 9.73. The van der Waals surface area contributed by atoms with Crippen LogP contribution in [0.15, 0.2) is 4.99 Å². The number of ether oxygens (including phenoxy) is 3. The SMILES string of the molecule is CCNC(=NCCCOCCOC)N1CCN(C(=O)C2CCCO2)CC1. The summed E-state index contributed by atoms with van der Waals surface area (Å²) in [5.74, 6) is 1.07. The Morgan fingerprint density at radius 2 is 1.96 bits per heavy atom. The lowest BCUT2D eigenvalue weighted by atomic mass is 10.2. The molecule has 2 aliphatic heterocycles. The van der Waals surface area contributed by atoms with Crippen molar-refractivity contribution in [3.8, 4) is 0 Å². The molecule has 1 atom stereocenters. The molecule has 0 saturated carbocycles. The molecule has 0 aromatic rings. The smallest absolute Gasteiger partial charge is 0.251 e. The number of guanidine groups is 1. The summed E-state index contributed by atoms with van der Waals surface area (Å²) in [6.07, 6.45) is 2.51. The number of hydrogen-bond donors (Lipinski definition) is 1. The second-order valence-corrected chi connectivity index (χ2v) is 6.51. The Bertz CT molecular complexity index is 433. The van der Waals surface area contributed by atoms with E-state index in [2.05, 4.69) is 17.1 Å². The third-order valence-corrected chi connectivity index (χ3v) is 4.57. The van der Waals surface area contributed by atoms with Gasteiger partial charge in [-0.2, -0.15) is 0 Å². The van der Waals surface area contributed by atoms with Crippen molar-refractivity contribution in [3.63, 3.8) is 0 Å². The van der Waals surface area contributed by atoms with Crippen LogP contribution in [0.5, 0.6) is 0 Å². The molecule has 26 heavy (non-hydrogen) atoms. The number of carbonyl (C=O) groups is 1. The van der Waals surface area contributed by atoms with E-state index in [1.165, 1.54) is 0 Å². The summed E-state index contributed by atoms with van der Waals surface area (Å²) < 4.78 is 15.9. The fraction of sp³-hybridized carbons (Fsp3) is 0.889. The Labute approximate surface area is 156 Å². The first kappa shape index (κ1) is 20.9. The van der Waals surface area contributed by atoms with E-state index in [4.69, 9.17) is 19.2 Å². The van der Waals surface area contributed by atoms with Crippen molar-refractivity contribution in [1.82, 2.24) is 15.1 Å². The van der Waals surface area contributed by atoms with Gasteiger partial charge in [0.05, 0.1) is 13.2 Å². The van der Waals surface area contributed by atoms with Crippen LogP contribution in [0.25, 0.3) is 0 Å². The van der Waals surface area contributed by atoms with Crippen LogP contribution in [0.4, 0.5) is 0 Å². The molecule has 1 amide bonds. The second-order valence-electron chi connectivity index (χ2n) is 6.51. The van der Waals surface area contributed by atoms with Crippen molar-refractivity contribution in [2.75, 3.05) is 72.8 Å². The molecule has 2 aliphatic rings. The molecule has 2 saturated heterocycles. The fourth-order valence-corrected chi connectivity index (χ4v) is 3.14. The van der Waals surface area contributed by atoms with Crippen molar-refractivity contribution < 1.29 is 19.0 Å². The predicted octanol–water partition coefficient (Wildman–Crippen LogP) is 0.328. The zero-order valence-electron chi connectivity index (χ0n) is 16.2. The van der Waals surface area contributed by atoms with Gasteiger partial charge < -0.3 is 29.3 Å². The highest BCUT2D eigenvalue weighted by atomic mass is 16.5. The second kappa shape index (κ2) is 12.1. The molecule has 0 spiro atoms. The van der Waals surface area contributed by atoms with Gasteiger partial charge in [-0.25, -0.2) is 0 Å². The minimum Gasteiger partial charge on any atom is -0.382 e. The summed E-state index contributed by atoms with van der Waals surface area (Å²) in [6, 6.07) is 0. The quantitative estimate of drug-likeness (QED) is 0.358. The standard InChI is InChI=1S/C18H34N4O4/c1-3-19-18(20-7-5-12-25-15-14-24-2)22-10-8-21(9-11-22)17(23)16-6-4-13-26-16/h16H,3-15H2,1-2H3,(H,19,20). The first-order valence-electron chi connectivity index (χ1n) is 9.76. The number of amides is 1. The van der Waals surface area contributed by atoms with Crippen LogP contribution >= 0.6 is 0 Å². The Morgan fingerprint density at radius 1 is 1.19 bits per heavy atom. The zero-order valence-corrected chi connectivity index (χ0v) is 16.2. The lowest BCUT2D eigenvalue weighted by molar-refractivity contribution is -0.142. The summed E-state index contributed by atoms with van der Waals surface area (Å²) in [6.45, 7) is 9.33. The number of hydrogen-bond acceptors (Lipinski definition) is 5. The molecule has 1 unspecified atom stereocenters. The molecule has 0 aromatic carbocycles.